The summed E-state index contributed by atoms with van der Waals surface area (Å²) in [6.07, 6.45) is 0. The van der Waals surface area contributed by atoms with E-state index in [2.05, 4.69) is 223 Å². The average Bonchev–Trinajstić information content (AvgIpc) is 4.01. The Labute approximate surface area is 374 Å². The van der Waals surface area contributed by atoms with Crippen molar-refractivity contribution in [1.29, 1.82) is 0 Å². The molecule has 0 N–H and O–H groups in total. The third-order valence-corrected chi connectivity index (χ3v) is 15.1. The SMILES string of the molecule is c1ccc(-c2ccc(N(c3ccc4c(c3)C3(c5ccccc5-c5ccccc5-4)c4ccccc4-c4c3ccc3c4sc4ccccc43)c3ccc4oc5ccccc5c4c3)cc2)cc1. The zero-order valence-electron chi connectivity index (χ0n) is 34.6. The van der Waals surface area contributed by atoms with Gasteiger partial charge in [-0.2, -0.15) is 0 Å². The molecule has 2 heterocycles. The van der Waals surface area contributed by atoms with Gasteiger partial charge in [0, 0.05) is 53.6 Å². The first-order valence-electron chi connectivity index (χ1n) is 22.0. The van der Waals surface area contributed by atoms with E-state index in [4.69, 9.17) is 4.42 Å². The Morgan fingerprint density at radius 1 is 0.344 bits per heavy atom. The smallest absolute Gasteiger partial charge is 0.135 e. The van der Waals surface area contributed by atoms with Crippen molar-refractivity contribution in [3.05, 3.63) is 247 Å². The first-order valence-corrected chi connectivity index (χ1v) is 22.8. The fourth-order valence-electron chi connectivity index (χ4n) is 11.2. The Balaban J connectivity index is 1.09. The van der Waals surface area contributed by atoms with E-state index in [-0.39, 0.29) is 0 Å². The number of fused-ring (bicyclic) bond motifs is 19. The van der Waals surface area contributed by atoms with Crippen molar-refractivity contribution >= 4 is 70.5 Å². The molecule has 1 atom stereocenters. The molecule has 0 saturated heterocycles. The van der Waals surface area contributed by atoms with Gasteiger partial charge in [-0.15, -0.1) is 11.3 Å². The standard InChI is InChI=1S/C61H37NOS/c1-2-14-38(15-3-1)39-26-28-40(29-27-39)62(41-31-35-57-51(36-41)47-19-8-12-24-56(47)63-57)42-30-32-46-44-17-5-4-16-43(44)45-18-6-10-22-52(45)61(55(46)37-42)53-23-11-7-21-50(53)59-54(61)34-33-49-48-20-9-13-25-58(48)64-60(49)59/h1-37H. The van der Waals surface area contributed by atoms with Crippen LogP contribution in [0, 0.1) is 0 Å². The van der Waals surface area contributed by atoms with Gasteiger partial charge in [0.25, 0.3) is 0 Å². The van der Waals surface area contributed by atoms with Gasteiger partial charge in [0.15, 0.2) is 0 Å². The monoisotopic (exact) mass is 831 g/mol. The lowest BCUT2D eigenvalue weighted by Crippen LogP contribution is -2.29. The molecule has 0 amide bonds. The Kier molecular flexibility index (Phi) is 7.51. The van der Waals surface area contributed by atoms with Crippen LogP contribution >= 0.6 is 11.3 Å². The molecule has 2 aliphatic rings. The first kappa shape index (κ1) is 35.6. The second-order valence-corrected chi connectivity index (χ2v) is 18.2. The number of thiophene rings is 1. The minimum atomic E-state index is -0.634. The summed E-state index contributed by atoms with van der Waals surface area (Å²) in [4.78, 5) is 2.43. The van der Waals surface area contributed by atoms with E-state index in [0.717, 1.165) is 39.0 Å². The molecule has 0 saturated carbocycles. The van der Waals surface area contributed by atoms with Crippen LogP contribution in [0.15, 0.2) is 229 Å². The molecule has 10 aromatic carbocycles. The number of para-hydroxylation sites is 1. The highest BCUT2D eigenvalue weighted by atomic mass is 32.1. The number of benzene rings is 10. The largest absolute Gasteiger partial charge is 0.456 e. The molecule has 0 fully saturated rings. The molecule has 2 aromatic heterocycles. The van der Waals surface area contributed by atoms with Crippen molar-refractivity contribution < 1.29 is 4.42 Å². The second kappa shape index (κ2) is 13.5. The molecular weight excluding hydrogens is 795 g/mol. The van der Waals surface area contributed by atoms with Crippen molar-refractivity contribution in [3.8, 4) is 44.5 Å². The van der Waals surface area contributed by atoms with Crippen LogP contribution in [0.4, 0.5) is 17.1 Å². The summed E-state index contributed by atoms with van der Waals surface area (Å²) in [7, 11) is 0. The minimum absolute atomic E-state index is 0.634. The fourth-order valence-corrected chi connectivity index (χ4v) is 12.5. The third-order valence-electron chi connectivity index (χ3n) is 13.9. The number of hydrogen-bond donors (Lipinski definition) is 0. The summed E-state index contributed by atoms with van der Waals surface area (Å²) in [5, 5.41) is 4.84. The van der Waals surface area contributed by atoms with Crippen LogP contribution in [0.5, 0.6) is 0 Å². The summed E-state index contributed by atoms with van der Waals surface area (Å²) < 4.78 is 9.04. The van der Waals surface area contributed by atoms with E-state index in [1.165, 1.54) is 86.9 Å². The molecule has 0 bridgehead atoms. The molecule has 2 nitrogen and oxygen atoms in total. The number of furan rings is 1. The zero-order chi connectivity index (χ0) is 41.9. The van der Waals surface area contributed by atoms with Gasteiger partial charge >= 0.3 is 0 Å². The fraction of sp³-hybridized carbons (Fsp3) is 0.0164. The van der Waals surface area contributed by atoms with Crippen molar-refractivity contribution in [2.75, 3.05) is 4.90 Å². The van der Waals surface area contributed by atoms with Gasteiger partial charge in [-0.05, 0) is 116 Å². The lowest BCUT2D eigenvalue weighted by atomic mass is 9.65. The predicted molar refractivity (Wildman–Crippen MR) is 268 cm³/mol. The Morgan fingerprint density at radius 3 is 1.73 bits per heavy atom. The van der Waals surface area contributed by atoms with Crippen LogP contribution in [-0.4, -0.2) is 0 Å². The summed E-state index contributed by atoms with van der Waals surface area (Å²) in [5.74, 6) is 0. The van der Waals surface area contributed by atoms with Crippen LogP contribution in [0.3, 0.4) is 0 Å². The molecule has 14 rings (SSSR count). The molecule has 1 unspecified atom stereocenters. The van der Waals surface area contributed by atoms with E-state index in [9.17, 15) is 0 Å². The van der Waals surface area contributed by atoms with Gasteiger partial charge in [0.2, 0.25) is 0 Å². The average molecular weight is 832 g/mol. The molecular formula is C61H37NOS. The Bertz CT molecular complexity index is 3860. The van der Waals surface area contributed by atoms with Gasteiger partial charge in [-0.3, -0.25) is 0 Å². The van der Waals surface area contributed by atoms with Crippen LogP contribution < -0.4 is 4.90 Å². The Morgan fingerprint density at radius 2 is 0.922 bits per heavy atom. The number of nitrogens with zero attached hydrogens (tertiary/aromatic N) is 1. The van der Waals surface area contributed by atoms with E-state index < -0.39 is 5.41 Å². The van der Waals surface area contributed by atoms with Crippen LogP contribution in [0.25, 0.3) is 86.6 Å². The van der Waals surface area contributed by atoms with Gasteiger partial charge in [0.1, 0.15) is 11.2 Å². The minimum Gasteiger partial charge on any atom is -0.456 e. The first-order chi connectivity index (χ1) is 31.7. The maximum atomic E-state index is 6.38. The van der Waals surface area contributed by atoms with Crippen LogP contribution in [-0.2, 0) is 5.41 Å². The Hall–Kier alpha value is -7.98. The summed E-state index contributed by atoms with van der Waals surface area (Å²) in [6.45, 7) is 0. The number of anilines is 3. The molecule has 0 radical (unpaired) electrons. The normalized spacial score (nSPS) is 14.6. The van der Waals surface area contributed by atoms with Gasteiger partial charge < -0.3 is 9.32 Å². The quantitative estimate of drug-likeness (QED) is 0.176. The lowest BCUT2D eigenvalue weighted by molar-refractivity contribution is 0.669. The topological polar surface area (TPSA) is 16.4 Å². The molecule has 298 valence electrons. The molecule has 12 aromatic rings. The van der Waals surface area contributed by atoms with Gasteiger partial charge in [-0.1, -0.05) is 170 Å². The van der Waals surface area contributed by atoms with Crippen molar-refractivity contribution in [2.45, 2.75) is 5.41 Å². The second-order valence-electron chi connectivity index (χ2n) is 17.1. The van der Waals surface area contributed by atoms with E-state index in [1.807, 2.05) is 17.4 Å². The van der Waals surface area contributed by atoms with Gasteiger partial charge in [0.05, 0.1) is 5.41 Å². The molecule has 0 aliphatic heterocycles. The summed E-state index contributed by atoms with van der Waals surface area (Å²) in [5.41, 5.74) is 19.6. The highest BCUT2D eigenvalue weighted by molar-refractivity contribution is 7.26. The van der Waals surface area contributed by atoms with Gasteiger partial charge in [-0.25, -0.2) is 0 Å². The highest BCUT2D eigenvalue weighted by Crippen LogP contribution is 2.64. The van der Waals surface area contributed by atoms with Crippen LogP contribution in [0.2, 0.25) is 0 Å². The molecule has 64 heavy (non-hydrogen) atoms. The summed E-state index contributed by atoms with van der Waals surface area (Å²) >= 11 is 1.92. The van der Waals surface area contributed by atoms with Crippen molar-refractivity contribution in [2.24, 2.45) is 0 Å². The molecule has 1 spiro atoms. The van der Waals surface area contributed by atoms with E-state index in [0.29, 0.717) is 0 Å². The number of hydrogen-bond acceptors (Lipinski definition) is 3. The maximum Gasteiger partial charge on any atom is 0.135 e. The molecule has 2 aliphatic carbocycles. The zero-order valence-corrected chi connectivity index (χ0v) is 35.4. The van der Waals surface area contributed by atoms with Crippen LogP contribution in [0.1, 0.15) is 22.3 Å². The maximum absolute atomic E-state index is 6.38. The number of rotatable bonds is 4. The van der Waals surface area contributed by atoms with E-state index in [1.54, 1.807) is 0 Å². The summed E-state index contributed by atoms with van der Waals surface area (Å²) in [6, 6.07) is 83.1. The van der Waals surface area contributed by atoms with Crippen molar-refractivity contribution in [3.63, 3.8) is 0 Å². The predicted octanol–water partition coefficient (Wildman–Crippen LogP) is 17.1. The van der Waals surface area contributed by atoms with E-state index >= 15 is 0 Å². The third kappa shape index (κ3) is 4.90. The lowest BCUT2D eigenvalue weighted by Gasteiger charge is -2.36. The van der Waals surface area contributed by atoms with Crippen molar-refractivity contribution in [1.82, 2.24) is 0 Å². The molecule has 3 heteroatoms. The highest BCUT2D eigenvalue weighted by Gasteiger charge is 2.50.